The molecule has 1 rings (SSSR count). The summed E-state index contributed by atoms with van der Waals surface area (Å²) in [5.41, 5.74) is 3.68. The van der Waals surface area contributed by atoms with Crippen molar-refractivity contribution in [3.8, 4) is 5.75 Å². The third kappa shape index (κ3) is 8.38. The fourth-order valence-corrected chi connectivity index (χ4v) is 1.70. The van der Waals surface area contributed by atoms with E-state index in [1.165, 1.54) is 23.6 Å². The molecule has 0 aliphatic rings. The Labute approximate surface area is 118 Å². The predicted octanol–water partition coefficient (Wildman–Crippen LogP) is 3.39. The van der Waals surface area contributed by atoms with Crippen LogP contribution in [0, 0.1) is 13.8 Å². The van der Waals surface area contributed by atoms with Crippen molar-refractivity contribution in [1.29, 1.82) is 0 Å². The number of carbonyl (C=O) groups is 1. The number of aromatic hydroxyl groups is 1. The average molecular weight is 267 g/mol. The van der Waals surface area contributed by atoms with E-state index in [0.29, 0.717) is 11.8 Å². The molecule has 3 nitrogen and oxygen atoms in total. The van der Waals surface area contributed by atoms with E-state index in [4.69, 9.17) is 4.79 Å². The molecule has 1 aromatic carbocycles. The third-order valence-corrected chi connectivity index (χ3v) is 2.68. The number of benzene rings is 1. The molecular weight excluding hydrogens is 238 g/mol. The van der Waals surface area contributed by atoms with Gasteiger partial charge in [0.1, 0.15) is 12.0 Å². The fraction of sp³-hybridized carbons (Fsp3) is 0.562. The third-order valence-electron chi connectivity index (χ3n) is 2.68. The van der Waals surface area contributed by atoms with E-state index in [-0.39, 0.29) is 0 Å². The van der Waals surface area contributed by atoms with Crippen LogP contribution in [-0.4, -0.2) is 24.5 Å². The van der Waals surface area contributed by atoms with Crippen molar-refractivity contribution in [2.75, 3.05) is 7.05 Å². The molecular formula is C16H29NO2. The molecule has 0 unspecified atom stereocenters. The van der Waals surface area contributed by atoms with Gasteiger partial charge >= 0.3 is 0 Å². The number of aldehydes is 1. The number of hydrogen-bond donors (Lipinski definition) is 2. The van der Waals surface area contributed by atoms with Crippen LogP contribution in [0.4, 0.5) is 0 Å². The highest BCUT2D eigenvalue weighted by atomic mass is 16.3. The van der Waals surface area contributed by atoms with Gasteiger partial charge in [0.05, 0.1) is 0 Å². The van der Waals surface area contributed by atoms with Gasteiger partial charge in [0, 0.05) is 6.04 Å². The Balaban J connectivity index is 0. The van der Waals surface area contributed by atoms with Gasteiger partial charge in [-0.05, 0) is 70.0 Å². The van der Waals surface area contributed by atoms with Crippen LogP contribution in [0.1, 0.15) is 44.4 Å². The zero-order valence-corrected chi connectivity index (χ0v) is 13.4. The lowest BCUT2D eigenvalue weighted by molar-refractivity contribution is -0.106. The summed E-state index contributed by atoms with van der Waals surface area (Å²) in [4.78, 5) is 8.81. The SMILES string of the molecule is CC.CC=O.CN[C@H](C)Cc1c(C)cc(O)cc1C. The second-order valence-corrected chi connectivity index (χ2v) is 4.19. The molecule has 0 aromatic heterocycles. The summed E-state index contributed by atoms with van der Waals surface area (Å²) in [6, 6.07) is 4.12. The summed E-state index contributed by atoms with van der Waals surface area (Å²) < 4.78 is 0. The van der Waals surface area contributed by atoms with Crippen LogP contribution in [-0.2, 0) is 11.2 Å². The molecule has 3 heteroatoms. The quantitative estimate of drug-likeness (QED) is 0.825. The maximum Gasteiger partial charge on any atom is 0.116 e. The minimum Gasteiger partial charge on any atom is -0.508 e. The van der Waals surface area contributed by atoms with Crippen molar-refractivity contribution < 1.29 is 9.90 Å². The number of likely N-dealkylation sites (N-methyl/N-ethyl adjacent to an activating group) is 1. The molecule has 0 spiro atoms. The number of aryl methyl sites for hydroxylation is 2. The zero-order chi connectivity index (χ0) is 15.4. The summed E-state index contributed by atoms with van der Waals surface area (Å²) in [6.45, 7) is 11.7. The number of hydrogen-bond acceptors (Lipinski definition) is 3. The Morgan fingerprint density at radius 2 is 1.63 bits per heavy atom. The first-order valence-corrected chi connectivity index (χ1v) is 6.82. The van der Waals surface area contributed by atoms with Crippen molar-refractivity contribution in [1.82, 2.24) is 5.32 Å². The predicted molar refractivity (Wildman–Crippen MR) is 82.9 cm³/mol. The zero-order valence-electron chi connectivity index (χ0n) is 13.4. The van der Waals surface area contributed by atoms with E-state index in [2.05, 4.69) is 12.2 Å². The molecule has 0 heterocycles. The first-order valence-electron chi connectivity index (χ1n) is 6.82. The summed E-state index contributed by atoms with van der Waals surface area (Å²) in [5, 5.41) is 12.6. The normalized spacial score (nSPS) is 10.5. The van der Waals surface area contributed by atoms with Crippen molar-refractivity contribution in [2.45, 2.75) is 54.0 Å². The Morgan fingerprint density at radius 3 is 1.95 bits per heavy atom. The van der Waals surface area contributed by atoms with Crippen molar-refractivity contribution in [2.24, 2.45) is 0 Å². The molecule has 0 aliphatic heterocycles. The number of phenolic OH excluding ortho intramolecular Hbond substituents is 1. The van der Waals surface area contributed by atoms with Crippen LogP contribution < -0.4 is 5.32 Å². The maximum absolute atomic E-state index is 9.39. The van der Waals surface area contributed by atoms with E-state index >= 15 is 0 Å². The number of carbonyl (C=O) groups excluding carboxylic acids is 1. The maximum atomic E-state index is 9.39. The van der Waals surface area contributed by atoms with Crippen LogP contribution in [0.25, 0.3) is 0 Å². The van der Waals surface area contributed by atoms with Crippen LogP contribution in [0.3, 0.4) is 0 Å². The molecule has 0 radical (unpaired) electrons. The Hall–Kier alpha value is -1.35. The topological polar surface area (TPSA) is 49.3 Å². The largest absolute Gasteiger partial charge is 0.508 e. The van der Waals surface area contributed by atoms with Crippen LogP contribution in [0.15, 0.2) is 12.1 Å². The fourth-order valence-electron chi connectivity index (χ4n) is 1.70. The molecule has 19 heavy (non-hydrogen) atoms. The van der Waals surface area contributed by atoms with Gasteiger partial charge in [-0.25, -0.2) is 0 Å². The molecule has 0 fully saturated rings. The summed E-state index contributed by atoms with van der Waals surface area (Å²) in [6.07, 6.45) is 1.76. The van der Waals surface area contributed by atoms with Crippen molar-refractivity contribution >= 4 is 6.29 Å². The second kappa shape index (κ2) is 11.7. The molecule has 0 aliphatic carbocycles. The van der Waals surface area contributed by atoms with Gasteiger partial charge in [-0.3, -0.25) is 0 Å². The Bertz CT molecular complexity index is 339. The van der Waals surface area contributed by atoms with Crippen LogP contribution in [0.2, 0.25) is 0 Å². The highest BCUT2D eigenvalue weighted by molar-refractivity contribution is 5.44. The highest BCUT2D eigenvalue weighted by Gasteiger charge is 2.07. The van der Waals surface area contributed by atoms with Gasteiger partial charge in [0.2, 0.25) is 0 Å². The summed E-state index contributed by atoms with van der Waals surface area (Å²) in [7, 11) is 1.97. The van der Waals surface area contributed by atoms with E-state index in [0.717, 1.165) is 12.7 Å². The standard InChI is InChI=1S/C12H19NO.C2H4O.C2H6/c1-8-5-11(14)6-9(2)12(8)7-10(3)13-4;1-2-3;1-2/h5-6,10,13-14H,7H2,1-4H3;2H,1H3;1-2H3/t10-;;/m1../s1. The number of rotatable bonds is 3. The monoisotopic (exact) mass is 267 g/mol. The van der Waals surface area contributed by atoms with Gasteiger partial charge in [-0.1, -0.05) is 13.8 Å². The van der Waals surface area contributed by atoms with Crippen molar-refractivity contribution in [3.63, 3.8) is 0 Å². The molecule has 1 aromatic rings. The van der Waals surface area contributed by atoms with E-state index < -0.39 is 0 Å². The van der Waals surface area contributed by atoms with Gasteiger partial charge in [0.25, 0.3) is 0 Å². The molecule has 0 amide bonds. The van der Waals surface area contributed by atoms with Gasteiger partial charge in [0.15, 0.2) is 0 Å². The van der Waals surface area contributed by atoms with E-state index in [1.807, 2.05) is 46.9 Å². The first kappa shape index (κ1) is 20.0. The Morgan fingerprint density at radius 1 is 1.26 bits per heavy atom. The van der Waals surface area contributed by atoms with Gasteiger partial charge in [-0.2, -0.15) is 0 Å². The smallest absolute Gasteiger partial charge is 0.116 e. The van der Waals surface area contributed by atoms with E-state index in [1.54, 1.807) is 0 Å². The molecule has 0 saturated carbocycles. The first-order chi connectivity index (χ1) is 8.96. The van der Waals surface area contributed by atoms with E-state index in [9.17, 15) is 5.11 Å². The van der Waals surface area contributed by atoms with Gasteiger partial charge in [-0.15, -0.1) is 0 Å². The lowest BCUT2D eigenvalue weighted by atomic mass is 9.96. The lowest BCUT2D eigenvalue weighted by Gasteiger charge is -2.15. The lowest BCUT2D eigenvalue weighted by Crippen LogP contribution is -2.24. The van der Waals surface area contributed by atoms with Crippen LogP contribution in [0.5, 0.6) is 5.75 Å². The minimum absolute atomic E-state index is 0.362. The summed E-state index contributed by atoms with van der Waals surface area (Å²) in [5.74, 6) is 0.362. The second-order valence-electron chi connectivity index (χ2n) is 4.19. The minimum atomic E-state index is 0.362. The van der Waals surface area contributed by atoms with Crippen molar-refractivity contribution in [3.05, 3.63) is 28.8 Å². The number of nitrogens with one attached hydrogen (secondary N) is 1. The Kier molecular flexibility index (Phi) is 12.3. The van der Waals surface area contributed by atoms with Crippen LogP contribution >= 0.6 is 0 Å². The molecule has 1 atom stereocenters. The summed E-state index contributed by atoms with van der Waals surface area (Å²) >= 11 is 0. The number of phenols is 1. The van der Waals surface area contributed by atoms with Gasteiger partial charge < -0.3 is 15.2 Å². The molecule has 110 valence electrons. The molecule has 0 saturated heterocycles. The average Bonchev–Trinajstić information content (AvgIpc) is 2.37. The molecule has 0 bridgehead atoms. The molecule has 2 N–H and O–H groups in total. The highest BCUT2D eigenvalue weighted by Crippen LogP contribution is 2.21.